The van der Waals surface area contributed by atoms with E-state index in [1.54, 1.807) is 6.07 Å². The molecule has 0 spiro atoms. The number of aliphatic hydroxyl groups is 1. The number of ether oxygens (including phenoxy) is 1. The molecule has 0 aliphatic heterocycles. The summed E-state index contributed by atoms with van der Waals surface area (Å²) < 4.78 is 5.09. The van der Waals surface area contributed by atoms with Crippen molar-refractivity contribution in [2.75, 3.05) is 25.1 Å². The fourth-order valence-corrected chi connectivity index (χ4v) is 4.02. The van der Waals surface area contributed by atoms with Gasteiger partial charge in [0.2, 0.25) is 0 Å². The zero-order valence-electron chi connectivity index (χ0n) is 17.8. The highest BCUT2D eigenvalue weighted by Crippen LogP contribution is 2.23. The summed E-state index contributed by atoms with van der Waals surface area (Å²) in [5, 5.41) is 13.1. The number of aliphatic hydroxyl groups excluding tert-OH is 1. The third-order valence-electron chi connectivity index (χ3n) is 4.92. The Labute approximate surface area is 176 Å². The number of unbranched alkanes of at least 4 members (excludes halogenated alkanes) is 12. The molecule has 1 rings (SSSR count). The highest BCUT2D eigenvalue weighted by molar-refractivity contribution is 7.17. The fourth-order valence-electron chi connectivity index (χ4n) is 3.20. The molecule has 1 heterocycles. The highest BCUT2D eigenvalue weighted by Gasteiger charge is 2.10. The van der Waals surface area contributed by atoms with Gasteiger partial charge in [-0.05, 0) is 18.6 Å². The van der Waals surface area contributed by atoms with Gasteiger partial charge in [0, 0.05) is 19.6 Å². The molecule has 0 amide bonds. The van der Waals surface area contributed by atoms with Crippen molar-refractivity contribution in [3.8, 4) is 0 Å². The van der Waals surface area contributed by atoms with Crippen LogP contribution in [0.2, 0.25) is 0 Å². The summed E-state index contributed by atoms with van der Waals surface area (Å²) in [6.07, 6.45) is 18.3. The first-order valence-electron chi connectivity index (χ1n) is 11.4. The number of rotatable bonds is 19. The van der Waals surface area contributed by atoms with Gasteiger partial charge in [0.15, 0.2) is 0 Å². The van der Waals surface area contributed by atoms with Gasteiger partial charge in [-0.3, -0.25) is 0 Å². The molecule has 5 heteroatoms. The maximum atomic E-state index is 11.8. The predicted octanol–water partition coefficient (Wildman–Crippen LogP) is 6.79. The average Bonchev–Trinajstić information content (AvgIpc) is 3.17. The number of thiophene rings is 1. The van der Waals surface area contributed by atoms with Crippen molar-refractivity contribution in [2.45, 2.75) is 96.8 Å². The van der Waals surface area contributed by atoms with Crippen LogP contribution in [0.4, 0.5) is 5.00 Å². The van der Waals surface area contributed by atoms with Gasteiger partial charge in [-0.1, -0.05) is 84.0 Å². The van der Waals surface area contributed by atoms with Crippen LogP contribution in [0, 0.1) is 0 Å². The summed E-state index contributed by atoms with van der Waals surface area (Å²) in [6, 6.07) is 3.74. The number of anilines is 1. The maximum absolute atomic E-state index is 11.8. The summed E-state index contributed by atoms with van der Waals surface area (Å²) in [7, 11) is 0. The van der Waals surface area contributed by atoms with Gasteiger partial charge in [0.1, 0.15) is 4.88 Å². The van der Waals surface area contributed by atoms with Crippen LogP contribution < -0.4 is 5.32 Å². The van der Waals surface area contributed by atoms with Crippen molar-refractivity contribution in [1.29, 1.82) is 0 Å². The zero-order chi connectivity index (χ0) is 20.3. The van der Waals surface area contributed by atoms with E-state index in [1.165, 1.54) is 94.8 Å². The number of hydrogen-bond donors (Lipinski definition) is 2. The van der Waals surface area contributed by atoms with E-state index in [4.69, 9.17) is 9.84 Å². The van der Waals surface area contributed by atoms with Crippen LogP contribution >= 0.6 is 11.3 Å². The van der Waals surface area contributed by atoms with Crippen molar-refractivity contribution in [3.05, 3.63) is 17.0 Å². The van der Waals surface area contributed by atoms with E-state index in [0.29, 0.717) is 11.3 Å². The van der Waals surface area contributed by atoms with Gasteiger partial charge in [-0.15, -0.1) is 11.3 Å². The van der Waals surface area contributed by atoms with Crippen LogP contribution in [0.25, 0.3) is 0 Å². The van der Waals surface area contributed by atoms with Crippen LogP contribution in [-0.4, -0.2) is 30.8 Å². The number of carbonyl (C=O) groups excluding carboxylic acids is 1. The van der Waals surface area contributed by atoms with Crippen molar-refractivity contribution >= 4 is 22.3 Å². The molecule has 1 aromatic rings. The third-order valence-corrected chi connectivity index (χ3v) is 5.95. The average molecular weight is 412 g/mol. The van der Waals surface area contributed by atoms with Crippen LogP contribution in [0.5, 0.6) is 0 Å². The van der Waals surface area contributed by atoms with E-state index in [1.807, 2.05) is 6.07 Å². The Morgan fingerprint density at radius 1 is 0.893 bits per heavy atom. The van der Waals surface area contributed by atoms with E-state index >= 15 is 0 Å². The molecule has 0 saturated carbocycles. The molecule has 0 fully saturated rings. The lowest BCUT2D eigenvalue weighted by molar-refractivity contribution is 0.0488. The fraction of sp³-hybridized carbons (Fsp3) is 0.783. The number of nitrogens with one attached hydrogen (secondary N) is 1. The Kier molecular flexibility index (Phi) is 16.0. The molecule has 0 bridgehead atoms. The van der Waals surface area contributed by atoms with E-state index in [-0.39, 0.29) is 19.2 Å². The summed E-state index contributed by atoms with van der Waals surface area (Å²) in [5.74, 6) is -0.299. The van der Waals surface area contributed by atoms with Crippen molar-refractivity contribution in [2.24, 2.45) is 0 Å². The molecular formula is C23H41NO3S. The van der Waals surface area contributed by atoms with Gasteiger partial charge in [-0.2, -0.15) is 0 Å². The monoisotopic (exact) mass is 411 g/mol. The normalized spacial score (nSPS) is 10.9. The largest absolute Gasteiger partial charge is 0.461 e. The Hall–Kier alpha value is -1.07. The second-order valence-corrected chi connectivity index (χ2v) is 8.63. The van der Waals surface area contributed by atoms with Gasteiger partial charge in [-0.25, -0.2) is 4.79 Å². The van der Waals surface area contributed by atoms with Crippen molar-refractivity contribution < 1.29 is 14.6 Å². The maximum Gasteiger partial charge on any atom is 0.348 e. The second kappa shape index (κ2) is 18.0. The van der Waals surface area contributed by atoms with Gasteiger partial charge in [0.05, 0.1) is 11.6 Å². The standard InChI is InChI=1S/C23H41NO3S/c1-2-3-4-5-6-7-8-9-10-11-12-13-14-18-24-22-17-16-21(28-22)23(26)27-20-15-19-25/h16-17,24-25H,2-15,18-20H2,1H3. The molecule has 162 valence electrons. The molecule has 0 unspecified atom stereocenters. The summed E-state index contributed by atoms with van der Waals surface area (Å²) in [5.41, 5.74) is 0. The minimum Gasteiger partial charge on any atom is -0.461 e. The summed E-state index contributed by atoms with van der Waals surface area (Å²) >= 11 is 1.44. The molecule has 2 N–H and O–H groups in total. The molecule has 0 aliphatic carbocycles. The zero-order valence-corrected chi connectivity index (χ0v) is 18.7. The number of hydrogen-bond acceptors (Lipinski definition) is 5. The second-order valence-electron chi connectivity index (χ2n) is 7.55. The van der Waals surface area contributed by atoms with E-state index in [0.717, 1.165) is 11.5 Å². The highest BCUT2D eigenvalue weighted by atomic mass is 32.1. The Bertz CT molecular complexity index is 490. The van der Waals surface area contributed by atoms with Crippen LogP contribution in [0.3, 0.4) is 0 Å². The van der Waals surface area contributed by atoms with E-state index < -0.39 is 0 Å². The van der Waals surface area contributed by atoms with Crippen LogP contribution in [-0.2, 0) is 4.74 Å². The first kappa shape index (κ1) is 25.0. The van der Waals surface area contributed by atoms with E-state index in [9.17, 15) is 4.79 Å². The van der Waals surface area contributed by atoms with Crippen molar-refractivity contribution in [1.82, 2.24) is 0 Å². The molecule has 0 aromatic carbocycles. The van der Waals surface area contributed by atoms with Crippen LogP contribution in [0.1, 0.15) is 106 Å². The quantitative estimate of drug-likeness (QED) is 0.194. The number of esters is 1. The molecule has 0 atom stereocenters. The minimum absolute atomic E-state index is 0.0453. The smallest absolute Gasteiger partial charge is 0.348 e. The predicted molar refractivity (Wildman–Crippen MR) is 120 cm³/mol. The molecule has 4 nitrogen and oxygen atoms in total. The van der Waals surface area contributed by atoms with Crippen LogP contribution in [0.15, 0.2) is 12.1 Å². The molecule has 1 aromatic heterocycles. The lowest BCUT2D eigenvalue weighted by atomic mass is 10.0. The van der Waals surface area contributed by atoms with Crippen molar-refractivity contribution in [3.63, 3.8) is 0 Å². The van der Waals surface area contributed by atoms with Gasteiger partial charge >= 0.3 is 5.97 Å². The lowest BCUT2D eigenvalue weighted by Crippen LogP contribution is -2.05. The van der Waals surface area contributed by atoms with Gasteiger partial charge in [0.25, 0.3) is 0 Å². The Morgan fingerprint density at radius 3 is 2.04 bits per heavy atom. The topological polar surface area (TPSA) is 58.6 Å². The lowest BCUT2D eigenvalue weighted by Gasteiger charge is -2.04. The first-order valence-corrected chi connectivity index (χ1v) is 12.2. The Morgan fingerprint density at radius 2 is 1.46 bits per heavy atom. The summed E-state index contributed by atoms with van der Waals surface area (Å²) in [4.78, 5) is 12.4. The SMILES string of the molecule is CCCCCCCCCCCCCCCNc1ccc(C(=O)OCCCO)s1. The molecule has 28 heavy (non-hydrogen) atoms. The molecular weight excluding hydrogens is 370 g/mol. The van der Waals surface area contributed by atoms with Gasteiger partial charge < -0.3 is 15.2 Å². The summed E-state index contributed by atoms with van der Waals surface area (Å²) in [6.45, 7) is 3.55. The van der Waals surface area contributed by atoms with E-state index in [2.05, 4.69) is 12.2 Å². The third kappa shape index (κ3) is 13.2. The molecule has 0 saturated heterocycles. The number of carbonyl (C=O) groups is 1. The molecule has 0 aliphatic rings. The minimum atomic E-state index is -0.299. The first-order chi connectivity index (χ1) is 13.8. The Balaban J connectivity index is 1.90. The molecule has 0 radical (unpaired) electrons.